The van der Waals surface area contributed by atoms with Gasteiger partial charge >= 0.3 is 5.97 Å². The van der Waals surface area contributed by atoms with Crippen molar-refractivity contribution in [3.63, 3.8) is 0 Å². The Balaban J connectivity index is 1.50. The number of hydrogen-bond donors (Lipinski definition) is 1. The Labute approximate surface area is 224 Å². The lowest BCUT2D eigenvalue weighted by molar-refractivity contribution is -0.139. The molecule has 2 heterocycles. The number of nitrogens with one attached hydrogen (secondary N) is 1. The van der Waals surface area contributed by atoms with Crippen molar-refractivity contribution in [3.8, 4) is 11.5 Å². The van der Waals surface area contributed by atoms with E-state index in [1.54, 1.807) is 11.6 Å². The van der Waals surface area contributed by atoms with Crippen LogP contribution in [0.15, 0.2) is 95.3 Å². The van der Waals surface area contributed by atoms with Crippen LogP contribution >= 0.6 is 23.4 Å². The van der Waals surface area contributed by atoms with Crippen LogP contribution < -0.4 is 10.1 Å². The van der Waals surface area contributed by atoms with Gasteiger partial charge in [-0.3, -0.25) is 0 Å². The lowest BCUT2D eigenvalue weighted by Crippen LogP contribution is -2.29. The molecule has 0 spiro atoms. The van der Waals surface area contributed by atoms with Gasteiger partial charge in [0.25, 0.3) is 0 Å². The summed E-state index contributed by atoms with van der Waals surface area (Å²) in [5.41, 5.74) is 2.96. The summed E-state index contributed by atoms with van der Waals surface area (Å²) in [6.45, 7) is 3.90. The van der Waals surface area contributed by atoms with Crippen LogP contribution in [0.3, 0.4) is 0 Å². The van der Waals surface area contributed by atoms with Crippen LogP contribution in [0.5, 0.6) is 11.5 Å². The molecule has 0 saturated heterocycles. The van der Waals surface area contributed by atoms with Gasteiger partial charge in [-0.2, -0.15) is 4.98 Å². The summed E-state index contributed by atoms with van der Waals surface area (Å²) < 4.78 is 13.2. The van der Waals surface area contributed by atoms with Gasteiger partial charge in [0.2, 0.25) is 11.1 Å². The monoisotopic (exact) mass is 532 g/mol. The molecule has 0 radical (unpaired) electrons. The number of aromatic nitrogens is 3. The first kappa shape index (κ1) is 24.9. The van der Waals surface area contributed by atoms with E-state index in [4.69, 9.17) is 31.2 Å². The molecule has 9 heteroatoms. The SMILES string of the molecule is CCOC(=O)C1=C(C)Nc2nc(SCc3ccccc3Cl)nn2C1c1cccc(Oc2ccccc2)c1. The number of para-hydroxylation sites is 1. The number of fused-ring (bicyclic) bond motifs is 1. The van der Waals surface area contributed by atoms with Crippen LogP contribution in [0.1, 0.15) is 31.0 Å². The summed E-state index contributed by atoms with van der Waals surface area (Å²) in [6.07, 6.45) is 0. The van der Waals surface area contributed by atoms with E-state index in [0.29, 0.717) is 38.9 Å². The molecule has 37 heavy (non-hydrogen) atoms. The first-order valence-corrected chi connectivity index (χ1v) is 13.2. The Morgan fingerprint density at radius 1 is 1.05 bits per heavy atom. The summed E-state index contributed by atoms with van der Waals surface area (Å²) in [7, 11) is 0. The van der Waals surface area contributed by atoms with Gasteiger partial charge < -0.3 is 14.8 Å². The molecule has 0 aliphatic carbocycles. The molecule has 1 N–H and O–H groups in total. The minimum absolute atomic E-state index is 0.267. The molecule has 1 aliphatic heterocycles. The van der Waals surface area contributed by atoms with E-state index in [-0.39, 0.29) is 6.61 Å². The molecule has 0 bridgehead atoms. The van der Waals surface area contributed by atoms with Crippen molar-refractivity contribution < 1.29 is 14.3 Å². The van der Waals surface area contributed by atoms with Crippen molar-refractivity contribution in [2.45, 2.75) is 30.8 Å². The molecule has 1 aromatic heterocycles. The number of rotatable bonds is 8. The normalized spacial score (nSPS) is 14.6. The quantitative estimate of drug-likeness (QED) is 0.196. The Morgan fingerprint density at radius 3 is 2.59 bits per heavy atom. The predicted molar refractivity (Wildman–Crippen MR) is 145 cm³/mol. The summed E-state index contributed by atoms with van der Waals surface area (Å²) in [4.78, 5) is 17.8. The number of hydrogen-bond acceptors (Lipinski definition) is 7. The van der Waals surface area contributed by atoms with Crippen LogP contribution in [-0.4, -0.2) is 27.3 Å². The molecular weight excluding hydrogens is 508 g/mol. The number of benzene rings is 3. The summed E-state index contributed by atoms with van der Waals surface area (Å²) in [5.74, 6) is 2.13. The van der Waals surface area contributed by atoms with Gasteiger partial charge in [0.15, 0.2) is 0 Å². The third kappa shape index (κ3) is 5.50. The number of halogens is 1. The maximum Gasteiger partial charge on any atom is 0.338 e. The van der Waals surface area contributed by atoms with Crippen LogP contribution in [0, 0.1) is 0 Å². The first-order chi connectivity index (χ1) is 18.0. The second kappa shape index (κ2) is 11.1. The molecule has 0 amide bonds. The van der Waals surface area contributed by atoms with Crippen molar-refractivity contribution in [2.24, 2.45) is 0 Å². The highest BCUT2D eigenvalue weighted by Gasteiger charge is 2.35. The molecule has 1 aliphatic rings. The zero-order chi connectivity index (χ0) is 25.8. The molecule has 5 rings (SSSR count). The van der Waals surface area contributed by atoms with Crippen molar-refractivity contribution in [3.05, 3.63) is 106 Å². The highest BCUT2D eigenvalue weighted by Crippen LogP contribution is 2.38. The average molecular weight is 533 g/mol. The largest absolute Gasteiger partial charge is 0.463 e. The van der Waals surface area contributed by atoms with Gasteiger partial charge in [-0.05, 0) is 55.3 Å². The van der Waals surface area contributed by atoms with Crippen LogP contribution in [0.25, 0.3) is 0 Å². The Morgan fingerprint density at radius 2 is 1.81 bits per heavy atom. The van der Waals surface area contributed by atoms with Crippen molar-refractivity contribution in [2.75, 3.05) is 11.9 Å². The van der Waals surface area contributed by atoms with Crippen molar-refractivity contribution >= 4 is 35.3 Å². The zero-order valence-electron chi connectivity index (χ0n) is 20.3. The van der Waals surface area contributed by atoms with E-state index in [0.717, 1.165) is 16.9 Å². The summed E-state index contributed by atoms with van der Waals surface area (Å²) in [6, 6.07) is 24.4. The fourth-order valence-electron chi connectivity index (χ4n) is 4.10. The van der Waals surface area contributed by atoms with Crippen LogP contribution in [-0.2, 0) is 15.3 Å². The molecule has 0 saturated carbocycles. The molecular formula is C28H25ClN4O3S. The lowest BCUT2D eigenvalue weighted by Gasteiger charge is -2.28. The maximum absolute atomic E-state index is 13.1. The van der Waals surface area contributed by atoms with E-state index in [1.807, 2.05) is 85.8 Å². The van der Waals surface area contributed by atoms with Gasteiger partial charge in [-0.1, -0.05) is 71.9 Å². The average Bonchev–Trinajstić information content (AvgIpc) is 3.30. The lowest BCUT2D eigenvalue weighted by atomic mass is 9.95. The Bertz CT molecular complexity index is 1450. The van der Waals surface area contributed by atoms with Crippen LogP contribution in [0.2, 0.25) is 5.02 Å². The first-order valence-electron chi connectivity index (χ1n) is 11.8. The van der Waals surface area contributed by atoms with E-state index < -0.39 is 12.0 Å². The highest BCUT2D eigenvalue weighted by atomic mass is 35.5. The number of anilines is 1. The molecule has 1 unspecified atom stereocenters. The number of carbonyl (C=O) groups excluding carboxylic acids is 1. The van der Waals surface area contributed by atoms with Crippen LogP contribution in [0.4, 0.5) is 5.95 Å². The Hall–Kier alpha value is -3.75. The number of ether oxygens (including phenoxy) is 2. The minimum atomic E-state index is -0.545. The second-order valence-corrected chi connectivity index (χ2v) is 9.67. The third-order valence-corrected chi connectivity index (χ3v) is 7.05. The van der Waals surface area contributed by atoms with E-state index in [9.17, 15) is 4.79 Å². The molecule has 3 aromatic carbocycles. The van der Waals surface area contributed by atoms with Crippen molar-refractivity contribution in [1.29, 1.82) is 0 Å². The number of esters is 1. The summed E-state index contributed by atoms with van der Waals surface area (Å²) >= 11 is 7.81. The van der Waals surface area contributed by atoms with Gasteiger partial charge in [-0.25, -0.2) is 9.48 Å². The molecule has 0 fully saturated rings. The van der Waals surface area contributed by atoms with E-state index in [1.165, 1.54) is 11.8 Å². The van der Waals surface area contributed by atoms with Gasteiger partial charge in [0, 0.05) is 16.5 Å². The molecule has 1 atom stereocenters. The zero-order valence-corrected chi connectivity index (χ0v) is 21.9. The fourth-order valence-corrected chi connectivity index (χ4v) is 5.22. The topological polar surface area (TPSA) is 78.3 Å². The van der Waals surface area contributed by atoms with E-state index in [2.05, 4.69) is 5.32 Å². The number of thioether (sulfide) groups is 1. The van der Waals surface area contributed by atoms with E-state index >= 15 is 0 Å². The minimum Gasteiger partial charge on any atom is -0.463 e. The molecule has 7 nitrogen and oxygen atoms in total. The third-order valence-electron chi connectivity index (χ3n) is 5.80. The van der Waals surface area contributed by atoms with Gasteiger partial charge in [0.05, 0.1) is 12.2 Å². The maximum atomic E-state index is 13.1. The Kier molecular flexibility index (Phi) is 7.48. The van der Waals surface area contributed by atoms with Crippen molar-refractivity contribution in [1.82, 2.24) is 14.8 Å². The molecule has 188 valence electrons. The number of carbonyl (C=O) groups is 1. The number of allylic oxidation sites excluding steroid dienone is 1. The van der Waals surface area contributed by atoms with Gasteiger partial charge in [0.1, 0.15) is 17.5 Å². The second-order valence-electron chi connectivity index (χ2n) is 8.32. The standard InChI is InChI=1S/C28H25ClN4O3S/c1-3-35-26(34)24-18(2)30-27-31-28(37-17-20-10-7-8-15-23(20)29)32-33(27)25(24)19-11-9-14-22(16-19)36-21-12-5-4-6-13-21/h4-16,25H,3,17H2,1-2H3,(H,30,31,32). The number of nitrogens with zero attached hydrogens (tertiary/aromatic N) is 3. The highest BCUT2D eigenvalue weighted by molar-refractivity contribution is 7.98. The summed E-state index contributed by atoms with van der Waals surface area (Å²) in [5, 5.41) is 9.28. The fraction of sp³-hybridized carbons (Fsp3) is 0.179. The molecule has 4 aromatic rings. The predicted octanol–water partition coefficient (Wildman–Crippen LogP) is 6.87. The smallest absolute Gasteiger partial charge is 0.338 e. The van der Waals surface area contributed by atoms with Gasteiger partial charge in [-0.15, -0.1) is 5.10 Å².